The fourth-order valence-corrected chi connectivity index (χ4v) is 2.85. The van der Waals surface area contributed by atoms with Gasteiger partial charge in [0.2, 0.25) is 5.91 Å². The summed E-state index contributed by atoms with van der Waals surface area (Å²) >= 11 is 0. The van der Waals surface area contributed by atoms with E-state index in [-0.39, 0.29) is 5.91 Å². The summed E-state index contributed by atoms with van der Waals surface area (Å²) in [7, 11) is 0. The van der Waals surface area contributed by atoms with Crippen LogP contribution in [0.15, 0.2) is 42.5 Å². The lowest BCUT2D eigenvalue weighted by atomic mass is 10.0. The molecule has 0 bridgehead atoms. The summed E-state index contributed by atoms with van der Waals surface area (Å²) in [6.45, 7) is 7.66. The van der Waals surface area contributed by atoms with Crippen molar-refractivity contribution in [3.05, 3.63) is 64.7 Å². The van der Waals surface area contributed by atoms with Gasteiger partial charge in [0.05, 0.1) is 13.0 Å². The number of carbonyl (C=O) groups excluding carboxylic acids is 1. The molecule has 0 fully saturated rings. The van der Waals surface area contributed by atoms with Gasteiger partial charge in [0.1, 0.15) is 5.75 Å². The summed E-state index contributed by atoms with van der Waals surface area (Å²) in [5, 5.41) is 3.03. The van der Waals surface area contributed by atoms with Gasteiger partial charge < -0.3 is 10.1 Å². The number of hydrogen-bond donors (Lipinski definition) is 1. The smallest absolute Gasteiger partial charge is 0.224 e. The molecule has 0 unspecified atom stereocenters. The van der Waals surface area contributed by atoms with Gasteiger partial charge in [-0.15, -0.1) is 0 Å². The fourth-order valence-electron chi connectivity index (χ4n) is 2.85. The first-order valence-electron chi connectivity index (χ1n) is 9.13. The number of hydrogen-bond acceptors (Lipinski definition) is 2. The van der Waals surface area contributed by atoms with E-state index < -0.39 is 0 Å². The molecule has 0 aliphatic rings. The van der Waals surface area contributed by atoms with Crippen LogP contribution in [0.4, 0.5) is 0 Å². The standard InChI is InChI=1S/C22H29NO2/c1-4-14-25-21-10-6-5-8-19(21)9-7-13-23-22(24)16-20-12-11-17(2)15-18(20)3/h5-6,8,10-12,15H,4,7,9,13-14,16H2,1-3H3,(H,23,24). The molecule has 134 valence electrons. The van der Waals surface area contributed by atoms with Crippen LogP contribution in [0.5, 0.6) is 5.75 Å². The topological polar surface area (TPSA) is 38.3 Å². The van der Waals surface area contributed by atoms with Gasteiger partial charge in [-0.3, -0.25) is 4.79 Å². The van der Waals surface area contributed by atoms with E-state index in [9.17, 15) is 4.79 Å². The second-order valence-corrected chi connectivity index (χ2v) is 6.52. The number of benzene rings is 2. The molecule has 0 saturated heterocycles. The van der Waals surface area contributed by atoms with E-state index in [1.54, 1.807) is 0 Å². The lowest BCUT2D eigenvalue weighted by Gasteiger charge is -2.11. The minimum atomic E-state index is 0.0856. The van der Waals surface area contributed by atoms with Crippen molar-refractivity contribution >= 4 is 5.91 Å². The SMILES string of the molecule is CCCOc1ccccc1CCCNC(=O)Cc1ccc(C)cc1C. The highest BCUT2D eigenvalue weighted by atomic mass is 16.5. The molecule has 0 saturated carbocycles. The van der Waals surface area contributed by atoms with Gasteiger partial charge in [-0.25, -0.2) is 0 Å². The summed E-state index contributed by atoms with van der Waals surface area (Å²) in [6.07, 6.45) is 3.26. The predicted octanol–water partition coefficient (Wildman–Crippen LogP) is 4.38. The van der Waals surface area contributed by atoms with Crippen LogP contribution in [0.3, 0.4) is 0 Å². The molecule has 1 amide bonds. The molecule has 1 N–H and O–H groups in total. The molecule has 0 aliphatic carbocycles. The Morgan fingerprint density at radius 3 is 2.64 bits per heavy atom. The van der Waals surface area contributed by atoms with Crippen molar-refractivity contribution in [2.75, 3.05) is 13.2 Å². The van der Waals surface area contributed by atoms with Crippen LogP contribution in [0.25, 0.3) is 0 Å². The number of carbonyl (C=O) groups is 1. The summed E-state index contributed by atoms with van der Waals surface area (Å²) in [6, 6.07) is 14.4. The highest BCUT2D eigenvalue weighted by Gasteiger charge is 2.07. The number of nitrogens with one attached hydrogen (secondary N) is 1. The van der Waals surface area contributed by atoms with Gasteiger partial charge in [-0.1, -0.05) is 48.9 Å². The monoisotopic (exact) mass is 339 g/mol. The minimum Gasteiger partial charge on any atom is -0.493 e. The number of aryl methyl sites for hydroxylation is 3. The fraction of sp³-hybridized carbons (Fsp3) is 0.409. The molecule has 0 aromatic heterocycles. The van der Waals surface area contributed by atoms with Gasteiger partial charge in [0, 0.05) is 6.54 Å². The largest absolute Gasteiger partial charge is 0.493 e. The molecule has 0 atom stereocenters. The normalized spacial score (nSPS) is 10.5. The van der Waals surface area contributed by atoms with Crippen molar-refractivity contribution in [3.63, 3.8) is 0 Å². The first-order valence-corrected chi connectivity index (χ1v) is 9.13. The van der Waals surface area contributed by atoms with Crippen LogP contribution >= 0.6 is 0 Å². The molecule has 2 aromatic carbocycles. The molecule has 3 nitrogen and oxygen atoms in total. The summed E-state index contributed by atoms with van der Waals surface area (Å²) < 4.78 is 5.78. The molecular formula is C22H29NO2. The Morgan fingerprint density at radius 1 is 1.08 bits per heavy atom. The number of para-hydroxylation sites is 1. The first-order chi connectivity index (χ1) is 12.1. The van der Waals surface area contributed by atoms with E-state index in [1.807, 2.05) is 24.3 Å². The van der Waals surface area contributed by atoms with Crippen LogP contribution in [-0.4, -0.2) is 19.1 Å². The Labute approximate surface area is 151 Å². The zero-order valence-electron chi connectivity index (χ0n) is 15.6. The van der Waals surface area contributed by atoms with Gasteiger partial charge in [-0.2, -0.15) is 0 Å². The molecule has 0 radical (unpaired) electrons. The van der Waals surface area contributed by atoms with E-state index in [2.05, 4.69) is 44.3 Å². The van der Waals surface area contributed by atoms with Crippen molar-refractivity contribution < 1.29 is 9.53 Å². The van der Waals surface area contributed by atoms with Gasteiger partial charge in [-0.05, 0) is 55.9 Å². The second kappa shape index (κ2) is 9.87. The highest BCUT2D eigenvalue weighted by molar-refractivity contribution is 5.78. The zero-order valence-corrected chi connectivity index (χ0v) is 15.6. The van der Waals surface area contributed by atoms with Crippen LogP contribution in [0.2, 0.25) is 0 Å². The molecule has 2 aromatic rings. The Balaban J connectivity index is 1.76. The molecule has 0 aliphatic heterocycles. The Hall–Kier alpha value is -2.29. The van der Waals surface area contributed by atoms with Crippen molar-refractivity contribution in [2.24, 2.45) is 0 Å². The van der Waals surface area contributed by atoms with E-state index in [1.165, 1.54) is 16.7 Å². The number of ether oxygens (including phenoxy) is 1. The van der Waals surface area contributed by atoms with Gasteiger partial charge >= 0.3 is 0 Å². The lowest BCUT2D eigenvalue weighted by molar-refractivity contribution is -0.120. The first kappa shape index (κ1) is 19.0. The van der Waals surface area contributed by atoms with Crippen molar-refractivity contribution in [3.8, 4) is 5.75 Å². The minimum absolute atomic E-state index is 0.0856. The third-order valence-corrected chi connectivity index (χ3v) is 4.23. The van der Waals surface area contributed by atoms with Crippen LogP contribution < -0.4 is 10.1 Å². The Morgan fingerprint density at radius 2 is 1.88 bits per heavy atom. The molecule has 0 spiro atoms. The van der Waals surface area contributed by atoms with Crippen LogP contribution in [0.1, 0.15) is 42.0 Å². The quantitative estimate of drug-likeness (QED) is 0.688. The van der Waals surface area contributed by atoms with E-state index >= 15 is 0 Å². The Bertz CT molecular complexity index is 694. The maximum absolute atomic E-state index is 12.1. The van der Waals surface area contributed by atoms with Gasteiger partial charge in [0.25, 0.3) is 0 Å². The third-order valence-electron chi connectivity index (χ3n) is 4.23. The number of amides is 1. The second-order valence-electron chi connectivity index (χ2n) is 6.52. The number of rotatable bonds is 9. The average Bonchev–Trinajstić information content (AvgIpc) is 2.60. The predicted molar refractivity (Wildman–Crippen MR) is 103 cm³/mol. The van der Waals surface area contributed by atoms with Crippen LogP contribution in [0, 0.1) is 13.8 Å². The zero-order chi connectivity index (χ0) is 18.1. The lowest BCUT2D eigenvalue weighted by Crippen LogP contribution is -2.26. The van der Waals surface area contributed by atoms with Crippen molar-refractivity contribution in [2.45, 2.75) is 46.5 Å². The molecule has 2 rings (SSSR count). The molecule has 3 heteroatoms. The van der Waals surface area contributed by atoms with E-state index in [0.29, 0.717) is 13.0 Å². The maximum atomic E-state index is 12.1. The summed E-state index contributed by atoms with van der Waals surface area (Å²) in [5.41, 5.74) is 4.71. The van der Waals surface area contributed by atoms with E-state index in [4.69, 9.17) is 4.74 Å². The molecule has 0 heterocycles. The maximum Gasteiger partial charge on any atom is 0.224 e. The van der Waals surface area contributed by atoms with Crippen molar-refractivity contribution in [1.29, 1.82) is 0 Å². The van der Waals surface area contributed by atoms with Gasteiger partial charge in [0.15, 0.2) is 0 Å². The summed E-state index contributed by atoms with van der Waals surface area (Å²) in [4.78, 5) is 12.1. The van der Waals surface area contributed by atoms with Crippen molar-refractivity contribution in [1.82, 2.24) is 5.32 Å². The Kier molecular flexibility index (Phi) is 7.52. The van der Waals surface area contributed by atoms with Crippen LogP contribution in [-0.2, 0) is 17.6 Å². The van der Waals surface area contributed by atoms with E-state index in [0.717, 1.165) is 37.2 Å². The average molecular weight is 339 g/mol. The molecule has 25 heavy (non-hydrogen) atoms. The third kappa shape index (κ3) is 6.26. The summed E-state index contributed by atoms with van der Waals surface area (Å²) in [5.74, 6) is 1.05. The molecular weight excluding hydrogens is 310 g/mol. The highest BCUT2D eigenvalue weighted by Crippen LogP contribution is 2.19.